The van der Waals surface area contributed by atoms with E-state index in [1.54, 1.807) is 38.9 Å². The fourth-order valence-electron chi connectivity index (χ4n) is 4.94. The Kier molecular flexibility index (Phi) is 4.01. The van der Waals surface area contributed by atoms with Gasteiger partial charge in [-0.05, 0) is 89.5 Å². The highest BCUT2D eigenvalue weighted by atomic mass is 14.3. The Labute approximate surface area is 140 Å². The van der Waals surface area contributed by atoms with Gasteiger partial charge in [0, 0.05) is 0 Å². The summed E-state index contributed by atoms with van der Waals surface area (Å²) in [5.41, 5.74) is 13.4. The molecule has 2 aliphatic rings. The van der Waals surface area contributed by atoms with Crippen LogP contribution >= 0.6 is 0 Å². The lowest BCUT2D eigenvalue weighted by Gasteiger charge is -2.27. The molecule has 0 aromatic heterocycles. The molecule has 0 spiro atoms. The summed E-state index contributed by atoms with van der Waals surface area (Å²) in [5, 5.41) is 0. The van der Waals surface area contributed by atoms with Crippen LogP contribution in [-0.2, 0) is 32.1 Å². The van der Waals surface area contributed by atoms with Gasteiger partial charge in [-0.25, -0.2) is 0 Å². The summed E-state index contributed by atoms with van der Waals surface area (Å²) in [5.74, 6) is 0. The molecular formula is C23H28. The summed E-state index contributed by atoms with van der Waals surface area (Å²) in [4.78, 5) is 0. The Morgan fingerprint density at radius 3 is 2.17 bits per heavy atom. The van der Waals surface area contributed by atoms with Crippen molar-refractivity contribution in [2.24, 2.45) is 0 Å². The lowest BCUT2D eigenvalue weighted by Crippen LogP contribution is -2.13. The predicted molar refractivity (Wildman–Crippen MR) is 99.3 cm³/mol. The van der Waals surface area contributed by atoms with Crippen LogP contribution in [0.3, 0.4) is 0 Å². The van der Waals surface area contributed by atoms with Crippen molar-refractivity contribution in [2.45, 2.75) is 71.6 Å². The summed E-state index contributed by atoms with van der Waals surface area (Å²) in [6.45, 7) is 4.67. The minimum atomic E-state index is 1.17. The molecule has 23 heavy (non-hydrogen) atoms. The summed E-state index contributed by atoms with van der Waals surface area (Å²) in [7, 11) is 0. The minimum absolute atomic E-state index is 1.17. The SMILES string of the molecule is CCCc1c2c(c(CCC)c3c1Cc1ccccc1-3)CCCC2. The zero-order valence-electron chi connectivity index (χ0n) is 14.7. The fourth-order valence-corrected chi connectivity index (χ4v) is 4.94. The van der Waals surface area contributed by atoms with E-state index in [0.29, 0.717) is 0 Å². The van der Waals surface area contributed by atoms with Gasteiger partial charge in [0.2, 0.25) is 0 Å². The minimum Gasteiger partial charge on any atom is -0.0651 e. The van der Waals surface area contributed by atoms with Gasteiger partial charge >= 0.3 is 0 Å². The van der Waals surface area contributed by atoms with Crippen molar-refractivity contribution >= 4 is 0 Å². The van der Waals surface area contributed by atoms with Crippen LogP contribution in [0.4, 0.5) is 0 Å². The second kappa shape index (κ2) is 6.15. The van der Waals surface area contributed by atoms with Crippen LogP contribution in [0.15, 0.2) is 24.3 Å². The lowest BCUT2D eigenvalue weighted by atomic mass is 9.78. The summed E-state index contributed by atoms with van der Waals surface area (Å²) in [6.07, 6.45) is 11.6. The molecule has 0 atom stereocenters. The first-order valence-electron chi connectivity index (χ1n) is 9.61. The zero-order valence-corrected chi connectivity index (χ0v) is 14.7. The molecule has 0 saturated heterocycles. The van der Waals surface area contributed by atoms with Crippen LogP contribution in [0.5, 0.6) is 0 Å². The van der Waals surface area contributed by atoms with E-state index >= 15 is 0 Å². The topological polar surface area (TPSA) is 0 Å². The maximum atomic E-state index is 2.37. The van der Waals surface area contributed by atoms with Crippen molar-refractivity contribution in [2.75, 3.05) is 0 Å². The quantitative estimate of drug-likeness (QED) is 0.551. The van der Waals surface area contributed by atoms with E-state index < -0.39 is 0 Å². The molecule has 2 aromatic rings. The van der Waals surface area contributed by atoms with E-state index in [-0.39, 0.29) is 0 Å². The van der Waals surface area contributed by atoms with Crippen molar-refractivity contribution in [1.29, 1.82) is 0 Å². The summed E-state index contributed by atoms with van der Waals surface area (Å²) >= 11 is 0. The van der Waals surface area contributed by atoms with Crippen LogP contribution < -0.4 is 0 Å². The van der Waals surface area contributed by atoms with Gasteiger partial charge in [-0.3, -0.25) is 0 Å². The van der Waals surface area contributed by atoms with Gasteiger partial charge in [0.1, 0.15) is 0 Å². The van der Waals surface area contributed by atoms with Crippen molar-refractivity contribution < 1.29 is 0 Å². The molecule has 0 unspecified atom stereocenters. The molecule has 0 heteroatoms. The molecule has 0 nitrogen and oxygen atoms in total. The van der Waals surface area contributed by atoms with Crippen LogP contribution in [0.1, 0.15) is 72.9 Å². The molecule has 0 radical (unpaired) electrons. The Balaban J connectivity index is 2.02. The average Bonchev–Trinajstić information content (AvgIpc) is 2.97. The second-order valence-corrected chi connectivity index (χ2v) is 7.31. The Hall–Kier alpha value is -1.56. The number of rotatable bonds is 4. The van der Waals surface area contributed by atoms with Gasteiger partial charge < -0.3 is 0 Å². The summed E-state index contributed by atoms with van der Waals surface area (Å²) < 4.78 is 0. The molecule has 0 fully saturated rings. The Morgan fingerprint density at radius 2 is 1.43 bits per heavy atom. The van der Waals surface area contributed by atoms with E-state index in [2.05, 4.69) is 38.1 Å². The van der Waals surface area contributed by atoms with E-state index in [0.717, 1.165) is 0 Å². The predicted octanol–water partition coefficient (Wildman–Crippen LogP) is 6.04. The number of hydrogen-bond acceptors (Lipinski definition) is 0. The third-order valence-corrected chi connectivity index (χ3v) is 5.82. The molecule has 0 bridgehead atoms. The first kappa shape index (κ1) is 15.0. The van der Waals surface area contributed by atoms with Crippen molar-refractivity contribution in [3.8, 4) is 11.1 Å². The monoisotopic (exact) mass is 304 g/mol. The number of hydrogen-bond donors (Lipinski definition) is 0. The Bertz CT molecular complexity index is 736. The van der Waals surface area contributed by atoms with Crippen LogP contribution in [0, 0.1) is 0 Å². The molecule has 0 heterocycles. The first-order valence-corrected chi connectivity index (χ1v) is 9.61. The van der Waals surface area contributed by atoms with E-state index in [1.807, 2.05) is 0 Å². The number of benzene rings is 2. The second-order valence-electron chi connectivity index (χ2n) is 7.31. The number of fused-ring (bicyclic) bond motifs is 4. The highest BCUT2D eigenvalue weighted by Gasteiger charge is 2.29. The summed E-state index contributed by atoms with van der Waals surface area (Å²) in [6, 6.07) is 9.15. The highest BCUT2D eigenvalue weighted by molar-refractivity contribution is 5.83. The van der Waals surface area contributed by atoms with E-state index in [1.165, 1.54) is 63.4 Å². The van der Waals surface area contributed by atoms with Gasteiger partial charge in [-0.1, -0.05) is 51.0 Å². The van der Waals surface area contributed by atoms with E-state index in [4.69, 9.17) is 0 Å². The van der Waals surface area contributed by atoms with Crippen molar-refractivity contribution in [1.82, 2.24) is 0 Å². The highest BCUT2D eigenvalue weighted by Crippen LogP contribution is 2.46. The molecule has 0 amide bonds. The van der Waals surface area contributed by atoms with Gasteiger partial charge in [-0.2, -0.15) is 0 Å². The molecule has 0 aliphatic heterocycles. The molecule has 0 saturated carbocycles. The molecule has 0 N–H and O–H groups in total. The van der Waals surface area contributed by atoms with Crippen LogP contribution in [0.25, 0.3) is 11.1 Å². The first-order chi connectivity index (χ1) is 11.3. The van der Waals surface area contributed by atoms with Crippen LogP contribution in [0.2, 0.25) is 0 Å². The third-order valence-electron chi connectivity index (χ3n) is 5.82. The zero-order chi connectivity index (χ0) is 15.8. The van der Waals surface area contributed by atoms with Gasteiger partial charge in [-0.15, -0.1) is 0 Å². The molecule has 120 valence electrons. The average molecular weight is 304 g/mol. The smallest absolute Gasteiger partial charge is 0.00105 e. The fraction of sp³-hybridized carbons (Fsp3) is 0.478. The third kappa shape index (κ3) is 2.35. The normalized spacial score (nSPS) is 15.2. The molecule has 2 aromatic carbocycles. The maximum Gasteiger partial charge on any atom is -0.00105 e. The van der Waals surface area contributed by atoms with Crippen molar-refractivity contribution in [3.63, 3.8) is 0 Å². The van der Waals surface area contributed by atoms with Gasteiger partial charge in [0.05, 0.1) is 0 Å². The lowest BCUT2D eigenvalue weighted by molar-refractivity contribution is 0.666. The van der Waals surface area contributed by atoms with Crippen molar-refractivity contribution in [3.05, 3.63) is 57.6 Å². The largest absolute Gasteiger partial charge is 0.0651 e. The molecular weight excluding hydrogens is 276 g/mol. The van der Waals surface area contributed by atoms with E-state index in [9.17, 15) is 0 Å². The van der Waals surface area contributed by atoms with Gasteiger partial charge in [0.15, 0.2) is 0 Å². The van der Waals surface area contributed by atoms with Crippen LogP contribution in [-0.4, -0.2) is 0 Å². The maximum absolute atomic E-state index is 2.37. The molecule has 2 aliphatic carbocycles. The standard InChI is InChI=1S/C23H28/c1-3-9-18-19-13-7-8-14-20(19)21(10-4-2)23-17-12-6-5-11-16(17)15-22(18)23/h5-6,11-12H,3-4,7-10,13-15H2,1-2H3. The van der Waals surface area contributed by atoms with Gasteiger partial charge in [0.25, 0.3) is 0 Å². The molecule has 4 rings (SSSR count). The Morgan fingerprint density at radius 1 is 0.783 bits per heavy atom.